The maximum absolute atomic E-state index is 8.42. The summed E-state index contributed by atoms with van der Waals surface area (Å²) in [5.74, 6) is 0. The Balaban J connectivity index is -0.0000000450. The summed E-state index contributed by atoms with van der Waals surface area (Å²) in [7, 11) is -2.92. The third kappa shape index (κ3) is 80.3. The molecule has 0 amide bonds. The molecule has 6 heteroatoms. The molecular formula is AlBCuO3+2. The van der Waals surface area contributed by atoms with Gasteiger partial charge in [-0.3, -0.25) is 7.32 Å². The largest absolute Gasteiger partial charge is 3.00 e. The van der Waals surface area contributed by atoms with Crippen molar-refractivity contribution in [2.75, 3.05) is 0 Å². The Morgan fingerprint density at radius 3 is 1.00 bits per heavy atom. The summed E-state index contributed by atoms with van der Waals surface area (Å²) in [6.07, 6.45) is 0. The topological polar surface area (TPSA) is 69.2 Å². The molecule has 3 nitrogen and oxygen atoms in total. The second-order valence-corrected chi connectivity index (χ2v) is 0.289. The van der Waals surface area contributed by atoms with Gasteiger partial charge in [-0.05, 0) is 0 Å². The van der Waals surface area contributed by atoms with Crippen molar-refractivity contribution in [3.8, 4) is 0 Å². The first kappa shape index (κ1) is 15.8. The Morgan fingerprint density at radius 2 is 1.00 bits per heavy atom. The summed E-state index contributed by atoms with van der Waals surface area (Å²) in [4.78, 5) is 0. The molecule has 0 aliphatic heterocycles. The minimum Gasteiger partial charge on any atom is -0.907 e. The van der Waals surface area contributed by atoms with Gasteiger partial charge in [-0.1, -0.05) is 0 Å². The molecule has 0 aromatic carbocycles. The van der Waals surface area contributed by atoms with Crippen LogP contribution in [-0.2, 0) is 17.1 Å². The molecule has 0 saturated carbocycles. The van der Waals surface area contributed by atoms with E-state index < -0.39 is 7.32 Å². The Hall–Kier alpha value is 0.997. The number of rotatable bonds is 0. The van der Waals surface area contributed by atoms with Crippen molar-refractivity contribution < 1.29 is 32.1 Å². The van der Waals surface area contributed by atoms with E-state index in [1.807, 2.05) is 0 Å². The molecule has 0 aliphatic rings. The van der Waals surface area contributed by atoms with Crippen LogP contribution in [0.15, 0.2) is 0 Å². The summed E-state index contributed by atoms with van der Waals surface area (Å²) < 4.78 is 0. The van der Waals surface area contributed by atoms with Gasteiger partial charge in [0.15, 0.2) is 0 Å². The van der Waals surface area contributed by atoms with Crippen LogP contribution in [-0.4, -0.2) is 24.7 Å². The first-order valence-corrected chi connectivity index (χ1v) is 0.707. The Morgan fingerprint density at radius 1 is 1.00 bits per heavy atom. The zero-order valence-corrected chi connectivity index (χ0v) is 4.78. The molecule has 6 heavy (non-hydrogen) atoms. The summed E-state index contributed by atoms with van der Waals surface area (Å²) in [6.45, 7) is 0. The van der Waals surface area contributed by atoms with Gasteiger partial charge in [-0.2, -0.15) is 0 Å². The Labute approximate surface area is 57.2 Å². The first-order valence-electron chi connectivity index (χ1n) is 0.707. The zero-order chi connectivity index (χ0) is 3.58. The van der Waals surface area contributed by atoms with Gasteiger partial charge in [0.2, 0.25) is 0 Å². The van der Waals surface area contributed by atoms with Gasteiger partial charge in [0, 0.05) is 0 Å². The second-order valence-electron chi connectivity index (χ2n) is 0.289. The molecule has 0 unspecified atom stereocenters. The fraction of sp³-hybridized carbons (Fsp3) is 0. The molecule has 0 aromatic heterocycles. The normalized spacial score (nSPS) is 4.50. The summed E-state index contributed by atoms with van der Waals surface area (Å²) in [6, 6.07) is 0. The van der Waals surface area contributed by atoms with Gasteiger partial charge < -0.3 is 15.1 Å². The van der Waals surface area contributed by atoms with Crippen LogP contribution in [0, 0.1) is 0 Å². The van der Waals surface area contributed by atoms with Crippen molar-refractivity contribution in [3.63, 3.8) is 0 Å². The minimum atomic E-state index is -2.92. The van der Waals surface area contributed by atoms with Crippen LogP contribution in [0.25, 0.3) is 0 Å². The van der Waals surface area contributed by atoms with E-state index in [9.17, 15) is 0 Å². The molecule has 0 bridgehead atoms. The van der Waals surface area contributed by atoms with E-state index >= 15 is 0 Å². The third-order valence-electron chi connectivity index (χ3n) is 0. The van der Waals surface area contributed by atoms with E-state index in [1.54, 1.807) is 0 Å². The van der Waals surface area contributed by atoms with E-state index in [0.717, 1.165) is 0 Å². The van der Waals surface area contributed by atoms with Crippen molar-refractivity contribution in [2.45, 2.75) is 0 Å². The van der Waals surface area contributed by atoms with Crippen molar-refractivity contribution in [3.05, 3.63) is 0 Å². The summed E-state index contributed by atoms with van der Waals surface area (Å²) in [5.41, 5.74) is 0. The van der Waals surface area contributed by atoms with Gasteiger partial charge in [0.05, 0.1) is 0 Å². The fourth-order valence-corrected chi connectivity index (χ4v) is 0. The van der Waals surface area contributed by atoms with Crippen molar-refractivity contribution >= 4 is 24.7 Å². The molecule has 0 spiro atoms. The van der Waals surface area contributed by atoms with E-state index in [2.05, 4.69) is 0 Å². The zero-order valence-electron chi connectivity index (χ0n) is 2.68. The van der Waals surface area contributed by atoms with Gasteiger partial charge in [0.25, 0.3) is 0 Å². The van der Waals surface area contributed by atoms with Crippen LogP contribution in [0.4, 0.5) is 0 Å². The number of hydrogen-bond donors (Lipinski definition) is 0. The average molecular weight is 149 g/mol. The van der Waals surface area contributed by atoms with Crippen molar-refractivity contribution in [1.29, 1.82) is 0 Å². The maximum Gasteiger partial charge on any atom is 3.00 e. The van der Waals surface area contributed by atoms with Crippen LogP contribution in [0.5, 0.6) is 0 Å². The van der Waals surface area contributed by atoms with Gasteiger partial charge in [0.1, 0.15) is 0 Å². The number of hydrogen-bond acceptors (Lipinski definition) is 3. The summed E-state index contributed by atoms with van der Waals surface area (Å²) >= 11 is 0. The van der Waals surface area contributed by atoms with E-state index in [4.69, 9.17) is 15.1 Å². The molecule has 33 valence electrons. The predicted octanol–water partition coefficient (Wildman–Crippen LogP) is -4.33. The smallest absolute Gasteiger partial charge is 0.907 e. The molecule has 0 aliphatic carbocycles. The molecule has 0 fully saturated rings. The second kappa shape index (κ2) is 9.37. The molecule has 0 saturated heterocycles. The maximum atomic E-state index is 8.42. The minimum absolute atomic E-state index is 0. The molecule has 1 radical (unpaired) electrons. The van der Waals surface area contributed by atoms with E-state index in [0.29, 0.717) is 0 Å². The van der Waals surface area contributed by atoms with E-state index in [1.165, 1.54) is 0 Å². The molecular weight excluding hydrogens is 149 g/mol. The molecule has 0 atom stereocenters. The molecule has 0 heterocycles. The van der Waals surface area contributed by atoms with Crippen LogP contribution in [0.3, 0.4) is 0 Å². The standard InChI is InChI=1S/Al.BO3.Cu/c;2-1(3)4;/q+3;-3;+2. The third-order valence-corrected chi connectivity index (χ3v) is 0. The fourth-order valence-electron chi connectivity index (χ4n) is 0. The summed E-state index contributed by atoms with van der Waals surface area (Å²) in [5, 5.41) is 25.2. The van der Waals surface area contributed by atoms with Crippen LogP contribution in [0.2, 0.25) is 0 Å². The Kier molecular flexibility index (Phi) is 24.6. The van der Waals surface area contributed by atoms with Gasteiger partial charge in [-0.15, -0.1) is 0 Å². The van der Waals surface area contributed by atoms with E-state index in [-0.39, 0.29) is 34.4 Å². The van der Waals surface area contributed by atoms with Crippen molar-refractivity contribution in [2.24, 2.45) is 0 Å². The predicted molar refractivity (Wildman–Crippen MR) is 11.5 cm³/mol. The van der Waals surface area contributed by atoms with Crippen LogP contribution < -0.4 is 15.1 Å². The molecule has 0 rings (SSSR count). The quantitative estimate of drug-likeness (QED) is 0.327. The van der Waals surface area contributed by atoms with Crippen molar-refractivity contribution in [1.82, 2.24) is 0 Å². The Bertz CT molecular complexity index is 15.5. The van der Waals surface area contributed by atoms with Crippen LogP contribution in [0.1, 0.15) is 0 Å². The van der Waals surface area contributed by atoms with Crippen LogP contribution >= 0.6 is 0 Å². The molecule has 0 aromatic rings. The average Bonchev–Trinajstić information content (AvgIpc) is 0.811. The van der Waals surface area contributed by atoms with Gasteiger partial charge >= 0.3 is 34.4 Å². The SMILES string of the molecule is [Al+3].[Cu+2].[O-]B([O-])[O-]. The van der Waals surface area contributed by atoms with Gasteiger partial charge in [-0.25, -0.2) is 0 Å². The monoisotopic (exact) mass is 149 g/mol. The first-order chi connectivity index (χ1) is 1.73. The molecule has 0 N–H and O–H groups in total.